The zero-order chi connectivity index (χ0) is 14.4. The van der Waals surface area contributed by atoms with Gasteiger partial charge >= 0.3 is 0 Å². The first-order chi connectivity index (χ1) is 9.74. The summed E-state index contributed by atoms with van der Waals surface area (Å²) in [7, 11) is 0. The Morgan fingerprint density at radius 2 is 2.25 bits per heavy atom. The molecule has 20 heavy (non-hydrogen) atoms. The van der Waals surface area contributed by atoms with E-state index in [9.17, 15) is 4.39 Å². The zero-order valence-electron chi connectivity index (χ0n) is 11.1. The summed E-state index contributed by atoms with van der Waals surface area (Å²) in [5.74, 6) is 1.79. The summed E-state index contributed by atoms with van der Waals surface area (Å²) in [4.78, 5) is 6.26. The quantitative estimate of drug-likeness (QED) is 0.394. The highest BCUT2D eigenvalue weighted by Gasteiger charge is 2.15. The second-order valence-electron chi connectivity index (χ2n) is 4.09. The van der Waals surface area contributed by atoms with E-state index in [4.69, 9.17) is 5.26 Å². The summed E-state index contributed by atoms with van der Waals surface area (Å²) in [6.07, 6.45) is 3.62. The highest BCUT2D eigenvalue weighted by Crippen LogP contribution is 2.26. The SMILES string of the molecule is CSC(=Nc1ccc(N2CCSCC2)c(F)c1)NC#N. The Bertz CT molecular complexity index is 536. The fourth-order valence-electron chi connectivity index (χ4n) is 1.92. The maximum absolute atomic E-state index is 14.2. The van der Waals surface area contributed by atoms with Crippen molar-refractivity contribution in [2.24, 2.45) is 4.99 Å². The lowest BCUT2D eigenvalue weighted by molar-refractivity contribution is 0.620. The Kier molecular flexibility index (Phi) is 5.56. The van der Waals surface area contributed by atoms with Crippen LogP contribution in [0.25, 0.3) is 0 Å². The van der Waals surface area contributed by atoms with Crippen molar-refractivity contribution in [2.45, 2.75) is 0 Å². The number of anilines is 1. The predicted molar refractivity (Wildman–Crippen MR) is 85.3 cm³/mol. The van der Waals surface area contributed by atoms with Gasteiger partial charge < -0.3 is 4.90 Å². The van der Waals surface area contributed by atoms with Gasteiger partial charge in [-0.25, -0.2) is 9.38 Å². The Morgan fingerprint density at radius 3 is 2.85 bits per heavy atom. The van der Waals surface area contributed by atoms with Crippen molar-refractivity contribution >= 4 is 40.1 Å². The molecule has 0 saturated carbocycles. The molecule has 0 atom stereocenters. The van der Waals surface area contributed by atoms with Crippen LogP contribution in [0.3, 0.4) is 0 Å². The first-order valence-corrected chi connectivity index (χ1v) is 8.52. The number of nitrogens with one attached hydrogen (secondary N) is 1. The smallest absolute Gasteiger partial charge is 0.183 e. The lowest BCUT2D eigenvalue weighted by Gasteiger charge is -2.28. The van der Waals surface area contributed by atoms with Gasteiger partial charge in [0.1, 0.15) is 5.82 Å². The fourth-order valence-corrected chi connectivity index (χ4v) is 3.16. The number of benzene rings is 1. The number of nitriles is 1. The molecule has 1 fully saturated rings. The molecule has 1 saturated heterocycles. The van der Waals surface area contributed by atoms with Crippen LogP contribution in [0.2, 0.25) is 0 Å². The lowest BCUT2D eigenvalue weighted by atomic mass is 10.2. The molecule has 0 unspecified atom stereocenters. The average molecular weight is 310 g/mol. The van der Waals surface area contributed by atoms with Gasteiger partial charge in [-0.1, -0.05) is 11.8 Å². The summed E-state index contributed by atoms with van der Waals surface area (Å²) in [5.41, 5.74) is 1.13. The molecule has 0 aliphatic carbocycles. The van der Waals surface area contributed by atoms with Crippen molar-refractivity contribution in [1.82, 2.24) is 5.32 Å². The third kappa shape index (κ3) is 3.81. The number of thioether (sulfide) groups is 2. The third-order valence-electron chi connectivity index (χ3n) is 2.87. The minimum absolute atomic E-state index is 0.268. The molecule has 1 N–H and O–H groups in total. The molecule has 1 aromatic carbocycles. The number of amidine groups is 1. The summed E-state index contributed by atoms with van der Waals surface area (Å²) >= 11 is 3.20. The summed E-state index contributed by atoms with van der Waals surface area (Å²) in [5, 5.41) is 11.5. The van der Waals surface area contributed by atoms with Crippen molar-refractivity contribution in [3.8, 4) is 6.19 Å². The van der Waals surface area contributed by atoms with E-state index in [2.05, 4.69) is 15.2 Å². The van der Waals surface area contributed by atoms with E-state index in [1.807, 2.05) is 18.0 Å². The number of halogens is 1. The minimum Gasteiger partial charge on any atom is -0.368 e. The molecule has 1 aliphatic rings. The number of hydrogen-bond acceptors (Lipinski definition) is 5. The van der Waals surface area contributed by atoms with E-state index in [0.29, 0.717) is 16.5 Å². The molecule has 0 bridgehead atoms. The normalized spacial score (nSPS) is 15.8. The average Bonchev–Trinajstić information content (AvgIpc) is 2.48. The van der Waals surface area contributed by atoms with Crippen LogP contribution >= 0.6 is 23.5 Å². The zero-order valence-corrected chi connectivity index (χ0v) is 12.7. The number of rotatable bonds is 2. The van der Waals surface area contributed by atoms with Crippen LogP contribution in [0.5, 0.6) is 0 Å². The molecule has 0 amide bonds. The topological polar surface area (TPSA) is 51.4 Å². The van der Waals surface area contributed by atoms with Crippen LogP contribution in [0.1, 0.15) is 0 Å². The predicted octanol–water partition coefficient (Wildman–Crippen LogP) is 2.80. The third-order valence-corrected chi connectivity index (χ3v) is 4.39. The molecule has 1 aromatic rings. The molecule has 0 spiro atoms. The molecule has 7 heteroatoms. The lowest BCUT2D eigenvalue weighted by Crippen LogP contribution is -2.33. The van der Waals surface area contributed by atoms with Crippen molar-refractivity contribution in [3.05, 3.63) is 24.0 Å². The van der Waals surface area contributed by atoms with Gasteiger partial charge in [-0.2, -0.15) is 17.0 Å². The van der Waals surface area contributed by atoms with Gasteiger partial charge in [-0.05, 0) is 18.4 Å². The van der Waals surface area contributed by atoms with Gasteiger partial charge in [0, 0.05) is 30.7 Å². The number of nitrogens with zero attached hydrogens (tertiary/aromatic N) is 3. The van der Waals surface area contributed by atoms with Crippen LogP contribution in [-0.4, -0.2) is 36.0 Å². The van der Waals surface area contributed by atoms with Crippen molar-refractivity contribution in [3.63, 3.8) is 0 Å². The second-order valence-corrected chi connectivity index (χ2v) is 6.11. The first-order valence-electron chi connectivity index (χ1n) is 6.14. The van der Waals surface area contributed by atoms with Gasteiger partial charge in [0.25, 0.3) is 0 Å². The summed E-state index contributed by atoms with van der Waals surface area (Å²) in [6, 6.07) is 4.94. The number of aliphatic imine (C=N–C) groups is 1. The molecule has 1 aliphatic heterocycles. The van der Waals surface area contributed by atoms with Gasteiger partial charge in [0.2, 0.25) is 0 Å². The van der Waals surface area contributed by atoms with E-state index in [1.165, 1.54) is 17.8 Å². The second kappa shape index (κ2) is 7.41. The van der Waals surface area contributed by atoms with Crippen molar-refractivity contribution in [1.29, 1.82) is 5.26 Å². The van der Waals surface area contributed by atoms with Gasteiger partial charge in [-0.15, -0.1) is 0 Å². The van der Waals surface area contributed by atoms with E-state index in [0.717, 1.165) is 24.6 Å². The van der Waals surface area contributed by atoms with Gasteiger partial charge in [-0.3, -0.25) is 5.32 Å². The minimum atomic E-state index is -0.268. The fraction of sp³-hybridized carbons (Fsp3) is 0.385. The first kappa shape index (κ1) is 15.0. The van der Waals surface area contributed by atoms with Gasteiger partial charge in [0.15, 0.2) is 11.4 Å². The van der Waals surface area contributed by atoms with Crippen LogP contribution in [0, 0.1) is 17.3 Å². The molecule has 0 aromatic heterocycles. The monoisotopic (exact) mass is 310 g/mol. The van der Waals surface area contributed by atoms with Crippen LogP contribution < -0.4 is 10.2 Å². The molecular formula is C13H15FN4S2. The van der Waals surface area contributed by atoms with E-state index >= 15 is 0 Å². The van der Waals surface area contributed by atoms with E-state index < -0.39 is 0 Å². The Morgan fingerprint density at radius 1 is 1.50 bits per heavy atom. The number of hydrogen-bond donors (Lipinski definition) is 1. The summed E-state index contributed by atoms with van der Waals surface area (Å²) < 4.78 is 14.2. The van der Waals surface area contributed by atoms with Crippen LogP contribution in [0.15, 0.2) is 23.2 Å². The molecular weight excluding hydrogens is 295 g/mol. The highest BCUT2D eigenvalue weighted by molar-refractivity contribution is 8.13. The maximum Gasteiger partial charge on any atom is 0.183 e. The van der Waals surface area contributed by atoms with E-state index in [-0.39, 0.29) is 5.82 Å². The Balaban J connectivity index is 2.19. The molecule has 1 heterocycles. The van der Waals surface area contributed by atoms with E-state index in [1.54, 1.807) is 18.4 Å². The van der Waals surface area contributed by atoms with Crippen LogP contribution in [-0.2, 0) is 0 Å². The molecule has 2 rings (SSSR count). The Hall–Kier alpha value is -1.39. The highest BCUT2D eigenvalue weighted by atomic mass is 32.2. The standard InChI is InChI=1S/C13H15FN4S2/c1-19-13(16-9-15)17-10-2-3-12(11(14)8-10)18-4-6-20-7-5-18/h2-3,8H,4-7H2,1H3,(H,16,17). The van der Waals surface area contributed by atoms with Crippen molar-refractivity contribution in [2.75, 3.05) is 35.8 Å². The summed E-state index contributed by atoms with van der Waals surface area (Å²) in [6.45, 7) is 1.74. The molecule has 4 nitrogen and oxygen atoms in total. The molecule has 106 valence electrons. The molecule has 0 radical (unpaired) electrons. The Labute approximate surface area is 126 Å². The van der Waals surface area contributed by atoms with Crippen molar-refractivity contribution < 1.29 is 4.39 Å². The van der Waals surface area contributed by atoms with Gasteiger partial charge in [0.05, 0.1) is 11.4 Å². The maximum atomic E-state index is 14.2. The largest absolute Gasteiger partial charge is 0.368 e. The van der Waals surface area contributed by atoms with Crippen LogP contribution in [0.4, 0.5) is 15.8 Å².